The van der Waals surface area contributed by atoms with Crippen molar-refractivity contribution in [2.24, 2.45) is 5.92 Å². The topological polar surface area (TPSA) is 72.5 Å². The van der Waals surface area contributed by atoms with E-state index in [1.807, 2.05) is 0 Å². The van der Waals surface area contributed by atoms with Gasteiger partial charge >= 0.3 is 6.61 Å². The van der Waals surface area contributed by atoms with Crippen LogP contribution in [0.4, 0.5) is 13.2 Å². The van der Waals surface area contributed by atoms with Crippen LogP contribution in [0.5, 0.6) is 5.88 Å². The molecule has 1 atom stereocenters. The van der Waals surface area contributed by atoms with Gasteiger partial charge in [0, 0.05) is 48.6 Å². The summed E-state index contributed by atoms with van der Waals surface area (Å²) in [4.78, 5) is 15.7. The van der Waals surface area contributed by atoms with E-state index in [-0.39, 0.29) is 30.1 Å². The van der Waals surface area contributed by atoms with Crippen LogP contribution < -0.4 is 15.4 Å². The van der Waals surface area contributed by atoms with E-state index in [1.54, 1.807) is 12.1 Å². The number of nitrogens with zero attached hydrogens (tertiary/aromatic N) is 1. The van der Waals surface area contributed by atoms with E-state index >= 15 is 0 Å². The molecule has 1 rings (SSSR count). The van der Waals surface area contributed by atoms with Crippen molar-refractivity contribution in [2.75, 3.05) is 13.2 Å². The second-order valence-corrected chi connectivity index (χ2v) is 6.85. The Hall–Kier alpha value is -3.20. The van der Waals surface area contributed by atoms with Crippen molar-refractivity contribution in [2.45, 2.75) is 26.0 Å². The molecule has 1 amide bonds. The number of carbonyl (C=O) groups is 1. The van der Waals surface area contributed by atoms with Gasteiger partial charge in [0.2, 0.25) is 5.88 Å². The summed E-state index contributed by atoms with van der Waals surface area (Å²) in [6.45, 7) is 8.88. The first-order valence-electron chi connectivity index (χ1n) is 9.93. The molecule has 6 nitrogen and oxygen atoms in total. The number of carbonyl (C=O) groups excluding carboxylic acids is 1. The van der Waals surface area contributed by atoms with Crippen molar-refractivity contribution >= 4 is 17.5 Å². The van der Waals surface area contributed by atoms with Crippen LogP contribution in [0.15, 0.2) is 79.1 Å². The molecule has 0 saturated heterocycles. The third kappa shape index (κ3) is 11.8. The number of allylic oxidation sites excluding steroid dienone is 4. The van der Waals surface area contributed by atoms with Gasteiger partial charge in [-0.15, -0.1) is 6.58 Å². The Labute approximate surface area is 196 Å². The second kappa shape index (κ2) is 15.6. The molecule has 2 N–H and O–H groups in total. The maximum absolute atomic E-state index is 13.1. The Morgan fingerprint density at radius 1 is 1.27 bits per heavy atom. The molecule has 0 aliphatic carbocycles. The number of hydrogen-bond donors (Lipinski definition) is 2. The number of aromatic nitrogens is 1. The Bertz CT molecular complexity index is 858. The molecule has 10 heteroatoms. The molecule has 0 aliphatic heterocycles. The van der Waals surface area contributed by atoms with Gasteiger partial charge in [-0.3, -0.25) is 4.79 Å². The number of hydrogen-bond acceptors (Lipinski definition) is 5. The molecule has 0 spiro atoms. The number of alkyl halides is 2. The van der Waals surface area contributed by atoms with E-state index in [1.165, 1.54) is 18.3 Å². The molecule has 0 saturated carbocycles. The van der Waals surface area contributed by atoms with Gasteiger partial charge in [0.15, 0.2) is 6.61 Å². The van der Waals surface area contributed by atoms with Crippen LogP contribution >= 0.6 is 11.6 Å². The van der Waals surface area contributed by atoms with Gasteiger partial charge in [-0.05, 0) is 24.5 Å². The fourth-order valence-electron chi connectivity index (χ4n) is 2.53. The lowest BCUT2D eigenvalue weighted by Crippen LogP contribution is -2.29. The molecular formula is C23H27ClF3N3O3. The Morgan fingerprint density at radius 2 is 2.03 bits per heavy atom. The summed E-state index contributed by atoms with van der Waals surface area (Å²) in [6, 6.07) is 2.99. The number of ether oxygens (including phenoxy) is 2. The zero-order valence-corrected chi connectivity index (χ0v) is 18.8. The summed E-state index contributed by atoms with van der Waals surface area (Å²) in [5, 5.41) is 5.86. The van der Waals surface area contributed by atoms with Gasteiger partial charge < -0.3 is 20.1 Å². The van der Waals surface area contributed by atoms with Crippen LogP contribution in [-0.2, 0) is 16.1 Å². The third-order valence-electron chi connectivity index (χ3n) is 4.23. The lowest BCUT2D eigenvalue weighted by atomic mass is 10.00. The zero-order valence-electron chi connectivity index (χ0n) is 18.0. The molecule has 1 unspecified atom stereocenters. The van der Waals surface area contributed by atoms with E-state index in [4.69, 9.17) is 16.3 Å². The van der Waals surface area contributed by atoms with Gasteiger partial charge in [0.1, 0.15) is 11.6 Å². The average Bonchev–Trinajstić information content (AvgIpc) is 2.80. The normalized spacial score (nSPS) is 12.6. The van der Waals surface area contributed by atoms with E-state index in [2.05, 4.69) is 40.1 Å². The molecule has 0 aromatic carbocycles. The lowest BCUT2D eigenvalue weighted by molar-refractivity contribution is -0.124. The van der Waals surface area contributed by atoms with E-state index in [0.717, 1.165) is 22.9 Å². The first-order valence-corrected chi connectivity index (χ1v) is 10.4. The minimum absolute atomic E-state index is 0.0480. The third-order valence-corrected chi connectivity index (χ3v) is 4.44. The minimum Gasteiger partial charge on any atom is -0.484 e. The highest BCUT2D eigenvalue weighted by atomic mass is 35.5. The fourth-order valence-corrected chi connectivity index (χ4v) is 2.60. The summed E-state index contributed by atoms with van der Waals surface area (Å²) in [7, 11) is 0. The van der Waals surface area contributed by atoms with Crippen molar-refractivity contribution in [3.05, 3.63) is 84.7 Å². The summed E-state index contributed by atoms with van der Waals surface area (Å²) >= 11 is 5.23. The van der Waals surface area contributed by atoms with Crippen LogP contribution in [0, 0.1) is 5.92 Å². The van der Waals surface area contributed by atoms with Crippen LogP contribution in [0.1, 0.15) is 18.4 Å². The molecule has 0 fully saturated rings. The fraction of sp³-hybridized carbons (Fsp3) is 0.304. The highest BCUT2D eigenvalue weighted by Crippen LogP contribution is 2.16. The maximum Gasteiger partial charge on any atom is 0.388 e. The average molecular weight is 486 g/mol. The monoisotopic (exact) mass is 485 g/mol. The SMILES string of the molecule is C=C/C(=C\C(F)=C\Cl)OCC(=O)NCCCC(C=C)C(=C)NCc1ccc(OC(F)F)nc1. The van der Waals surface area contributed by atoms with Gasteiger partial charge in [-0.2, -0.15) is 8.78 Å². The first-order chi connectivity index (χ1) is 15.8. The zero-order chi connectivity index (χ0) is 24.6. The van der Waals surface area contributed by atoms with E-state index < -0.39 is 12.4 Å². The Kier molecular flexibility index (Phi) is 13.1. The van der Waals surface area contributed by atoms with Crippen molar-refractivity contribution < 1.29 is 27.4 Å². The molecule has 0 aliphatic rings. The second-order valence-electron chi connectivity index (χ2n) is 6.63. The summed E-state index contributed by atoms with van der Waals surface area (Å²) < 4.78 is 46.8. The predicted octanol–water partition coefficient (Wildman–Crippen LogP) is 5.12. The van der Waals surface area contributed by atoms with Gasteiger partial charge in [0.25, 0.3) is 5.91 Å². The van der Waals surface area contributed by atoms with Crippen molar-refractivity contribution in [3.63, 3.8) is 0 Å². The van der Waals surface area contributed by atoms with Gasteiger partial charge in [-0.1, -0.05) is 36.9 Å². The van der Waals surface area contributed by atoms with Crippen LogP contribution in [0.2, 0.25) is 0 Å². The number of nitrogens with one attached hydrogen (secondary N) is 2. The first kappa shape index (κ1) is 27.8. The van der Waals surface area contributed by atoms with Crippen LogP contribution in [0.25, 0.3) is 0 Å². The molecular weight excluding hydrogens is 459 g/mol. The van der Waals surface area contributed by atoms with E-state index in [0.29, 0.717) is 25.9 Å². The van der Waals surface area contributed by atoms with Crippen LogP contribution in [0.3, 0.4) is 0 Å². The van der Waals surface area contributed by atoms with Crippen LogP contribution in [-0.4, -0.2) is 30.7 Å². The number of amides is 1. The minimum atomic E-state index is -2.92. The van der Waals surface area contributed by atoms with Gasteiger partial charge in [-0.25, -0.2) is 9.37 Å². The molecule has 0 radical (unpaired) electrons. The molecule has 1 heterocycles. The Balaban J connectivity index is 2.34. The molecule has 1 aromatic heterocycles. The highest BCUT2D eigenvalue weighted by molar-refractivity contribution is 6.25. The van der Waals surface area contributed by atoms with Gasteiger partial charge in [0.05, 0.1) is 0 Å². The summed E-state index contributed by atoms with van der Waals surface area (Å²) in [5.74, 6) is -1.20. The van der Waals surface area contributed by atoms with Crippen molar-refractivity contribution in [1.29, 1.82) is 0 Å². The van der Waals surface area contributed by atoms with Crippen molar-refractivity contribution in [3.8, 4) is 5.88 Å². The van der Waals surface area contributed by atoms with Crippen molar-refractivity contribution in [1.82, 2.24) is 15.6 Å². The van der Waals surface area contributed by atoms with E-state index in [9.17, 15) is 18.0 Å². The lowest BCUT2D eigenvalue weighted by Gasteiger charge is -2.18. The highest BCUT2D eigenvalue weighted by Gasteiger charge is 2.10. The predicted molar refractivity (Wildman–Crippen MR) is 122 cm³/mol. The molecule has 33 heavy (non-hydrogen) atoms. The molecule has 180 valence electrons. The quantitative estimate of drug-likeness (QED) is 0.147. The largest absolute Gasteiger partial charge is 0.484 e. The summed E-state index contributed by atoms with van der Waals surface area (Å²) in [6.07, 6.45) is 6.80. The summed E-state index contributed by atoms with van der Waals surface area (Å²) in [5.41, 5.74) is 2.23. The maximum atomic E-state index is 13.1. The standard InChI is InChI=1S/C23H27ClF3N3O3/c1-4-18(16(3)29-13-17-8-9-22(30-14-17)33-23(26)27)7-6-10-28-21(31)15-32-20(5-2)11-19(25)12-24/h4-5,8-9,11-12,14,18,23,29H,1-3,6-7,10,13,15H2,(H,28,31)/b19-12-,20-11+. The number of pyridine rings is 1. The number of halogens is 4. The Morgan fingerprint density at radius 3 is 2.61 bits per heavy atom. The smallest absolute Gasteiger partial charge is 0.388 e. The molecule has 1 aromatic rings. The molecule has 0 bridgehead atoms. The number of rotatable bonds is 16.